The summed E-state index contributed by atoms with van der Waals surface area (Å²) in [5.41, 5.74) is 9.82. The Balaban J connectivity index is 2.30. The molecule has 2 aromatic rings. The topological polar surface area (TPSA) is 89.5 Å². The molecule has 0 bridgehead atoms. The summed E-state index contributed by atoms with van der Waals surface area (Å²) in [6.07, 6.45) is 1.79. The van der Waals surface area contributed by atoms with Crippen molar-refractivity contribution in [2.75, 3.05) is 24.2 Å². The summed E-state index contributed by atoms with van der Waals surface area (Å²) in [6.45, 7) is 5.84. The molecule has 6 heteroatoms. The van der Waals surface area contributed by atoms with Crippen molar-refractivity contribution < 1.29 is 9.84 Å². The van der Waals surface area contributed by atoms with E-state index in [1.54, 1.807) is 37.7 Å². The number of benzene rings is 1. The van der Waals surface area contributed by atoms with E-state index in [1.807, 2.05) is 25.1 Å². The molecule has 0 amide bonds. The third-order valence-corrected chi connectivity index (χ3v) is 3.81. The number of aryl methyl sites for hydroxylation is 2. The van der Waals surface area contributed by atoms with Gasteiger partial charge >= 0.3 is 0 Å². The van der Waals surface area contributed by atoms with Crippen molar-refractivity contribution in [3.05, 3.63) is 46.4 Å². The smallest absolute Gasteiger partial charge is 0.253 e. The summed E-state index contributed by atoms with van der Waals surface area (Å²) < 4.78 is 6.83. The van der Waals surface area contributed by atoms with Crippen molar-refractivity contribution in [2.45, 2.75) is 26.6 Å². The normalized spacial score (nSPS) is 13.5. The van der Waals surface area contributed by atoms with E-state index >= 15 is 0 Å². The first-order chi connectivity index (χ1) is 11.2. The zero-order valence-electron chi connectivity index (χ0n) is 14.6. The van der Waals surface area contributed by atoms with Crippen molar-refractivity contribution in [1.29, 1.82) is 0 Å². The Kier molecular flexibility index (Phi) is 5.31. The van der Waals surface area contributed by atoms with E-state index in [0.717, 1.165) is 11.1 Å². The van der Waals surface area contributed by atoms with Gasteiger partial charge in [0.05, 0.1) is 17.9 Å². The zero-order valence-corrected chi connectivity index (χ0v) is 14.6. The van der Waals surface area contributed by atoms with Crippen LogP contribution in [0.1, 0.15) is 19.4 Å². The van der Waals surface area contributed by atoms with Gasteiger partial charge in [0.1, 0.15) is 0 Å². The molecule has 0 fully saturated rings. The third kappa shape index (κ3) is 4.15. The van der Waals surface area contributed by atoms with Crippen molar-refractivity contribution in [2.24, 2.45) is 7.05 Å². The molecule has 1 aromatic heterocycles. The number of pyridine rings is 1. The molecule has 130 valence electrons. The van der Waals surface area contributed by atoms with Crippen molar-refractivity contribution in [3.63, 3.8) is 0 Å². The maximum absolute atomic E-state index is 11.8. The zero-order chi connectivity index (χ0) is 17.9. The van der Waals surface area contributed by atoms with Crippen LogP contribution in [0.25, 0.3) is 11.1 Å². The largest absolute Gasteiger partial charge is 0.397 e. The molecule has 0 aliphatic carbocycles. The van der Waals surface area contributed by atoms with Crippen molar-refractivity contribution in [3.8, 4) is 11.1 Å². The van der Waals surface area contributed by atoms with Crippen LogP contribution in [0.5, 0.6) is 0 Å². The lowest BCUT2D eigenvalue weighted by atomic mass is 10.0. The monoisotopic (exact) mass is 331 g/mol. The summed E-state index contributed by atoms with van der Waals surface area (Å²) >= 11 is 0. The summed E-state index contributed by atoms with van der Waals surface area (Å²) in [6, 6.07) is 7.46. The van der Waals surface area contributed by atoms with Gasteiger partial charge in [-0.1, -0.05) is 6.07 Å². The van der Waals surface area contributed by atoms with E-state index in [9.17, 15) is 9.90 Å². The van der Waals surface area contributed by atoms with Gasteiger partial charge in [0.2, 0.25) is 0 Å². The van der Waals surface area contributed by atoms with Gasteiger partial charge in [0.25, 0.3) is 5.56 Å². The van der Waals surface area contributed by atoms with Crippen LogP contribution in [-0.2, 0) is 11.8 Å². The van der Waals surface area contributed by atoms with Crippen LogP contribution in [0.3, 0.4) is 0 Å². The third-order valence-electron chi connectivity index (χ3n) is 3.81. The lowest BCUT2D eigenvalue weighted by molar-refractivity contribution is -0.175. The second-order valence-corrected chi connectivity index (χ2v) is 6.09. The van der Waals surface area contributed by atoms with Gasteiger partial charge in [0.15, 0.2) is 5.79 Å². The highest BCUT2D eigenvalue weighted by molar-refractivity contribution is 5.76. The summed E-state index contributed by atoms with van der Waals surface area (Å²) in [5.74, 6) is -1.27. The number of ether oxygens (including phenoxy) is 1. The Hall–Kier alpha value is -2.31. The first-order valence-corrected chi connectivity index (χ1v) is 7.91. The van der Waals surface area contributed by atoms with Crippen LogP contribution in [0.15, 0.2) is 35.3 Å². The number of nitrogen functional groups attached to an aromatic ring is 1. The van der Waals surface area contributed by atoms with Gasteiger partial charge in [-0.25, -0.2) is 0 Å². The molecule has 2 rings (SSSR count). The number of hydrogen-bond acceptors (Lipinski definition) is 5. The lowest BCUT2D eigenvalue weighted by Gasteiger charge is -2.24. The number of nitrogens with zero attached hydrogens (tertiary/aromatic N) is 1. The minimum Gasteiger partial charge on any atom is -0.397 e. The number of nitrogens with two attached hydrogens (primary N) is 1. The molecule has 0 radical (unpaired) electrons. The van der Waals surface area contributed by atoms with Crippen LogP contribution < -0.4 is 16.6 Å². The van der Waals surface area contributed by atoms with Gasteiger partial charge in [-0.15, -0.1) is 0 Å². The first-order valence-electron chi connectivity index (χ1n) is 7.91. The summed E-state index contributed by atoms with van der Waals surface area (Å²) in [5, 5.41) is 13.2. The van der Waals surface area contributed by atoms with E-state index in [2.05, 4.69) is 5.32 Å². The van der Waals surface area contributed by atoms with Gasteiger partial charge < -0.3 is 25.5 Å². The van der Waals surface area contributed by atoms with Gasteiger partial charge in [0, 0.05) is 25.4 Å². The highest BCUT2D eigenvalue weighted by atomic mass is 16.6. The molecule has 1 heterocycles. The van der Waals surface area contributed by atoms with Gasteiger partial charge in [-0.3, -0.25) is 4.79 Å². The highest BCUT2D eigenvalue weighted by Crippen LogP contribution is 2.27. The maximum Gasteiger partial charge on any atom is 0.253 e. The molecule has 24 heavy (non-hydrogen) atoms. The molecule has 4 N–H and O–H groups in total. The minimum atomic E-state index is -1.27. The first kappa shape index (κ1) is 18.0. The van der Waals surface area contributed by atoms with Crippen molar-refractivity contribution >= 4 is 11.4 Å². The Labute approximate surface area is 141 Å². The number of nitrogens with one attached hydrogen (secondary N) is 1. The molecular formula is C18H25N3O3. The maximum atomic E-state index is 11.8. The van der Waals surface area contributed by atoms with Crippen LogP contribution in [0.4, 0.5) is 11.4 Å². The molecule has 0 saturated heterocycles. The molecule has 0 saturated carbocycles. The van der Waals surface area contributed by atoms with Crippen molar-refractivity contribution in [1.82, 2.24) is 4.57 Å². The van der Waals surface area contributed by atoms with Crippen LogP contribution in [0, 0.1) is 6.92 Å². The van der Waals surface area contributed by atoms with Gasteiger partial charge in [-0.05, 0) is 50.1 Å². The van der Waals surface area contributed by atoms with E-state index in [4.69, 9.17) is 10.5 Å². The standard InChI is InChI=1S/C18H25N3O3/c1-5-24-18(3,23)11-20-16-9-13(6-7-15(16)19)14-8-12(2)17(22)21(4)10-14/h6-10,20,23H,5,11,19H2,1-4H3. The Bertz CT molecular complexity index is 755. The SMILES string of the molecule is CCOC(C)(O)CNc1cc(-c2cc(C)c(=O)n(C)c2)ccc1N. The Morgan fingerprint density at radius 3 is 2.67 bits per heavy atom. The predicted molar refractivity (Wildman–Crippen MR) is 97.0 cm³/mol. The number of aromatic nitrogens is 1. The summed E-state index contributed by atoms with van der Waals surface area (Å²) in [4.78, 5) is 11.8. The Morgan fingerprint density at radius 1 is 1.33 bits per heavy atom. The molecule has 1 atom stereocenters. The van der Waals surface area contributed by atoms with E-state index < -0.39 is 5.79 Å². The van der Waals surface area contributed by atoms with E-state index in [1.165, 1.54) is 0 Å². The number of hydrogen-bond donors (Lipinski definition) is 3. The molecule has 1 aromatic carbocycles. The fourth-order valence-electron chi connectivity index (χ4n) is 2.55. The molecule has 6 nitrogen and oxygen atoms in total. The molecule has 1 unspecified atom stereocenters. The molecule has 0 aliphatic heterocycles. The van der Waals surface area contributed by atoms with Crippen LogP contribution >= 0.6 is 0 Å². The summed E-state index contributed by atoms with van der Waals surface area (Å²) in [7, 11) is 1.73. The molecule has 0 aliphatic rings. The highest BCUT2D eigenvalue weighted by Gasteiger charge is 2.20. The fourth-order valence-corrected chi connectivity index (χ4v) is 2.55. The number of anilines is 2. The second-order valence-electron chi connectivity index (χ2n) is 6.09. The Morgan fingerprint density at radius 2 is 2.04 bits per heavy atom. The van der Waals surface area contributed by atoms with E-state index in [-0.39, 0.29) is 12.1 Å². The quantitative estimate of drug-likeness (QED) is 0.557. The van der Waals surface area contributed by atoms with Crippen LogP contribution in [0.2, 0.25) is 0 Å². The molecular weight excluding hydrogens is 306 g/mol. The number of rotatable bonds is 6. The number of aliphatic hydroxyl groups is 1. The minimum absolute atomic E-state index is 0.0136. The molecule has 0 spiro atoms. The lowest BCUT2D eigenvalue weighted by Crippen LogP contribution is -2.36. The average Bonchev–Trinajstić information content (AvgIpc) is 2.51. The fraction of sp³-hybridized carbons (Fsp3) is 0.389. The van der Waals surface area contributed by atoms with Crippen LogP contribution in [-0.4, -0.2) is 28.6 Å². The van der Waals surface area contributed by atoms with Gasteiger partial charge in [-0.2, -0.15) is 0 Å². The second kappa shape index (κ2) is 7.07. The predicted octanol–water partition coefficient (Wildman–Crippen LogP) is 2.10. The average molecular weight is 331 g/mol. The van der Waals surface area contributed by atoms with E-state index in [0.29, 0.717) is 23.5 Å².